The second-order valence-electron chi connectivity index (χ2n) is 8.59. The molecule has 0 N–H and O–H groups in total. The van der Waals surface area contributed by atoms with Crippen molar-refractivity contribution in [1.82, 2.24) is 4.57 Å². The van der Waals surface area contributed by atoms with E-state index in [2.05, 4.69) is 11.9 Å². The van der Waals surface area contributed by atoms with Crippen LogP contribution >= 0.6 is 11.3 Å². The number of hydrogen-bond acceptors (Lipinski definition) is 6. The number of thiazole rings is 1. The Balaban J connectivity index is 1.91. The normalized spacial score (nSPS) is 16.5. The molecule has 7 heteroatoms. The van der Waals surface area contributed by atoms with E-state index in [0.717, 1.165) is 28.9 Å². The lowest BCUT2D eigenvalue weighted by molar-refractivity contribution is -0.139. The van der Waals surface area contributed by atoms with Crippen LogP contribution in [0, 0.1) is 6.92 Å². The molecule has 0 unspecified atom stereocenters. The maximum absolute atomic E-state index is 13.8. The number of hydrogen-bond donors (Lipinski definition) is 0. The van der Waals surface area contributed by atoms with Gasteiger partial charge in [-0.1, -0.05) is 66.3 Å². The number of benzene rings is 2. The summed E-state index contributed by atoms with van der Waals surface area (Å²) in [5.74, 6) is 0.270. The van der Waals surface area contributed by atoms with E-state index in [9.17, 15) is 9.59 Å². The zero-order valence-corrected chi connectivity index (χ0v) is 21.5. The van der Waals surface area contributed by atoms with Crippen molar-refractivity contribution in [2.24, 2.45) is 4.99 Å². The zero-order chi connectivity index (χ0) is 25.1. The van der Waals surface area contributed by atoms with Crippen molar-refractivity contribution in [2.75, 3.05) is 6.61 Å². The Bertz CT molecular complexity index is 1450. The minimum Gasteiger partial charge on any atom is -0.490 e. The van der Waals surface area contributed by atoms with Crippen LogP contribution in [0.1, 0.15) is 56.8 Å². The summed E-state index contributed by atoms with van der Waals surface area (Å²) in [6.07, 6.45) is 2.78. The summed E-state index contributed by atoms with van der Waals surface area (Å²) in [5, 5.41) is 0. The van der Waals surface area contributed by atoms with Gasteiger partial charge in [-0.15, -0.1) is 0 Å². The van der Waals surface area contributed by atoms with Crippen LogP contribution < -0.4 is 19.6 Å². The van der Waals surface area contributed by atoms with Gasteiger partial charge >= 0.3 is 5.97 Å². The molecule has 35 heavy (non-hydrogen) atoms. The first-order valence-electron chi connectivity index (χ1n) is 11.9. The van der Waals surface area contributed by atoms with E-state index in [1.807, 2.05) is 68.5 Å². The number of rotatable bonds is 7. The standard InChI is InChI=1S/C28H30N2O4S/c1-6-18(4)34-22-11-9-8-10-21(22)16-23-26(31)30-25(20-14-12-17(3)13-15-20)24(27(32)33-7-2)19(5)29-28(30)35-23/h8-16,18,25H,6-7H2,1-5H3/b23-16-/t18-,25+/m1/s1. The Hall–Kier alpha value is -3.45. The fourth-order valence-corrected chi connectivity index (χ4v) is 5.04. The quantitative estimate of drug-likeness (QED) is 0.464. The summed E-state index contributed by atoms with van der Waals surface area (Å²) in [7, 11) is 0. The number of carbonyl (C=O) groups excluding carboxylic acids is 1. The van der Waals surface area contributed by atoms with Crippen molar-refractivity contribution < 1.29 is 14.3 Å². The second-order valence-corrected chi connectivity index (χ2v) is 9.60. The zero-order valence-electron chi connectivity index (χ0n) is 20.7. The predicted molar refractivity (Wildman–Crippen MR) is 138 cm³/mol. The molecule has 6 nitrogen and oxygen atoms in total. The molecule has 3 aromatic rings. The molecule has 2 atom stereocenters. The van der Waals surface area contributed by atoms with Crippen molar-refractivity contribution >= 4 is 23.4 Å². The first-order chi connectivity index (χ1) is 16.8. The molecule has 0 amide bonds. The van der Waals surface area contributed by atoms with E-state index in [4.69, 9.17) is 9.47 Å². The molecule has 1 aliphatic heterocycles. The van der Waals surface area contributed by atoms with Crippen LogP contribution in [0.2, 0.25) is 0 Å². The van der Waals surface area contributed by atoms with Gasteiger partial charge in [-0.3, -0.25) is 9.36 Å². The third-order valence-corrected chi connectivity index (χ3v) is 7.00. The van der Waals surface area contributed by atoms with Crippen LogP contribution in [0.3, 0.4) is 0 Å². The molecule has 0 fully saturated rings. The summed E-state index contributed by atoms with van der Waals surface area (Å²) < 4.78 is 13.6. The summed E-state index contributed by atoms with van der Waals surface area (Å²) in [6, 6.07) is 14.9. The maximum atomic E-state index is 13.8. The van der Waals surface area contributed by atoms with E-state index in [0.29, 0.717) is 20.6 Å². The Morgan fingerprint density at radius 3 is 2.54 bits per heavy atom. The van der Waals surface area contributed by atoms with Crippen LogP contribution in [-0.2, 0) is 9.53 Å². The van der Waals surface area contributed by atoms with Gasteiger partial charge in [-0.25, -0.2) is 9.79 Å². The van der Waals surface area contributed by atoms with Gasteiger partial charge in [-0.05, 0) is 51.8 Å². The number of aromatic nitrogens is 1. The third kappa shape index (κ3) is 5.00. The van der Waals surface area contributed by atoms with E-state index < -0.39 is 12.0 Å². The fourth-order valence-electron chi connectivity index (χ4n) is 4.00. The topological polar surface area (TPSA) is 69.9 Å². The molecular formula is C28H30N2O4S. The first kappa shape index (κ1) is 24.7. The van der Waals surface area contributed by atoms with Gasteiger partial charge in [0, 0.05) is 5.56 Å². The molecule has 0 aliphatic carbocycles. The van der Waals surface area contributed by atoms with Crippen LogP contribution in [0.5, 0.6) is 5.75 Å². The number of nitrogens with zero attached hydrogens (tertiary/aromatic N) is 2. The molecule has 0 radical (unpaired) electrons. The molecule has 0 bridgehead atoms. The second kappa shape index (κ2) is 10.4. The SMILES string of the molecule is CCOC(=O)C1=C(C)N=c2s/c(=C\c3ccccc3O[C@H](C)CC)c(=O)n2[C@H]1c1ccc(C)cc1. The van der Waals surface area contributed by atoms with Gasteiger partial charge in [0.1, 0.15) is 5.75 Å². The Morgan fingerprint density at radius 1 is 1.14 bits per heavy atom. The number of para-hydroxylation sites is 1. The highest BCUT2D eigenvalue weighted by Gasteiger charge is 2.33. The molecule has 1 aliphatic rings. The van der Waals surface area contributed by atoms with Gasteiger partial charge in [-0.2, -0.15) is 0 Å². The van der Waals surface area contributed by atoms with Crippen molar-refractivity contribution in [3.63, 3.8) is 0 Å². The predicted octanol–water partition coefficient (Wildman–Crippen LogP) is 4.28. The number of aryl methyl sites for hydroxylation is 1. The first-order valence-corrected chi connectivity index (χ1v) is 12.7. The van der Waals surface area contributed by atoms with Crippen molar-refractivity contribution in [1.29, 1.82) is 0 Å². The third-order valence-electron chi connectivity index (χ3n) is 6.02. The van der Waals surface area contributed by atoms with Crippen molar-refractivity contribution in [2.45, 2.75) is 53.2 Å². The Kier molecular flexibility index (Phi) is 7.36. The highest BCUT2D eigenvalue weighted by Crippen LogP contribution is 2.31. The average molecular weight is 491 g/mol. The number of esters is 1. The van der Waals surface area contributed by atoms with Crippen molar-refractivity contribution in [3.8, 4) is 5.75 Å². The van der Waals surface area contributed by atoms with Gasteiger partial charge in [0.05, 0.1) is 34.6 Å². The molecule has 2 aromatic carbocycles. The summed E-state index contributed by atoms with van der Waals surface area (Å²) >= 11 is 1.31. The van der Waals surface area contributed by atoms with Crippen LogP contribution in [0.15, 0.2) is 69.6 Å². The minimum absolute atomic E-state index is 0.0575. The summed E-state index contributed by atoms with van der Waals surface area (Å²) in [5.41, 5.74) is 3.49. The van der Waals surface area contributed by atoms with E-state index in [-0.39, 0.29) is 18.3 Å². The molecule has 4 rings (SSSR count). The molecule has 1 aromatic heterocycles. The number of carbonyl (C=O) groups is 1. The number of fused-ring (bicyclic) bond motifs is 1. The molecule has 182 valence electrons. The monoisotopic (exact) mass is 490 g/mol. The number of ether oxygens (including phenoxy) is 2. The largest absolute Gasteiger partial charge is 0.490 e. The lowest BCUT2D eigenvalue weighted by atomic mass is 9.95. The summed E-state index contributed by atoms with van der Waals surface area (Å²) in [4.78, 5) is 31.9. The van der Waals surface area contributed by atoms with Crippen molar-refractivity contribution in [3.05, 3.63) is 96.2 Å². The average Bonchev–Trinajstić information content (AvgIpc) is 3.14. The molecular weight excluding hydrogens is 460 g/mol. The van der Waals surface area contributed by atoms with Gasteiger partial charge in [0.15, 0.2) is 4.80 Å². The smallest absolute Gasteiger partial charge is 0.338 e. The Morgan fingerprint density at radius 2 is 1.86 bits per heavy atom. The summed E-state index contributed by atoms with van der Waals surface area (Å²) in [6.45, 7) is 9.89. The molecule has 0 saturated heterocycles. The van der Waals surface area contributed by atoms with E-state index >= 15 is 0 Å². The highest BCUT2D eigenvalue weighted by atomic mass is 32.1. The lowest BCUT2D eigenvalue weighted by Gasteiger charge is -2.24. The van der Waals surface area contributed by atoms with Crippen LogP contribution in [0.4, 0.5) is 0 Å². The maximum Gasteiger partial charge on any atom is 0.338 e. The van der Waals surface area contributed by atoms with Gasteiger partial charge in [0.25, 0.3) is 5.56 Å². The fraction of sp³-hybridized carbons (Fsp3) is 0.321. The van der Waals surface area contributed by atoms with Gasteiger partial charge in [0.2, 0.25) is 0 Å². The molecule has 2 heterocycles. The Labute approximate surface area is 208 Å². The van der Waals surface area contributed by atoms with E-state index in [1.165, 1.54) is 11.3 Å². The lowest BCUT2D eigenvalue weighted by Crippen LogP contribution is -2.39. The number of allylic oxidation sites excluding steroid dienone is 1. The highest BCUT2D eigenvalue weighted by molar-refractivity contribution is 7.07. The van der Waals surface area contributed by atoms with Gasteiger partial charge < -0.3 is 9.47 Å². The van der Waals surface area contributed by atoms with E-state index in [1.54, 1.807) is 18.4 Å². The van der Waals surface area contributed by atoms with Crippen LogP contribution in [0.25, 0.3) is 6.08 Å². The minimum atomic E-state index is -0.611. The van der Waals surface area contributed by atoms with Crippen LogP contribution in [-0.4, -0.2) is 23.2 Å². The molecule has 0 spiro atoms. The molecule has 0 saturated carbocycles.